The summed E-state index contributed by atoms with van der Waals surface area (Å²) in [7, 11) is 0. The highest BCUT2D eigenvalue weighted by molar-refractivity contribution is 14.1. The van der Waals surface area contributed by atoms with E-state index >= 15 is 0 Å². The maximum Gasteiger partial charge on any atom is 0.347 e. The maximum atomic E-state index is 10.6. The van der Waals surface area contributed by atoms with Gasteiger partial charge in [0.1, 0.15) is 5.56 Å². The Kier molecular flexibility index (Phi) is 4.68. The number of halogens is 2. The first-order valence-corrected chi connectivity index (χ1v) is 5.89. The molecule has 2 nitrogen and oxygen atoms in total. The first-order valence-electron chi connectivity index (χ1n) is 3.73. The minimum Gasteiger partial charge on any atom is -0.421 e. The molecule has 0 fully saturated rings. The van der Waals surface area contributed by atoms with Crippen molar-refractivity contribution in [2.45, 2.75) is 6.92 Å². The third-order valence-electron chi connectivity index (χ3n) is 1.48. The smallest absolute Gasteiger partial charge is 0.347 e. The topological polar surface area (TPSA) is 26.3 Å². The largest absolute Gasteiger partial charge is 0.421 e. The Morgan fingerprint density at radius 1 is 1.43 bits per heavy atom. The van der Waals surface area contributed by atoms with Gasteiger partial charge in [0.25, 0.3) is 0 Å². The van der Waals surface area contributed by atoms with Crippen LogP contribution in [0, 0.1) is 13.4 Å². The van der Waals surface area contributed by atoms with Gasteiger partial charge in [0.15, 0.2) is 5.75 Å². The van der Waals surface area contributed by atoms with E-state index in [-0.39, 0.29) is 5.97 Å². The zero-order chi connectivity index (χ0) is 10.6. The molecule has 0 bridgehead atoms. The molecule has 14 heavy (non-hydrogen) atoms. The Morgan fingerprint density at radius 3 is 2.50 bits per heavy atom. The number of rotatable bonds is 0. The second-order valence-corrected chi connectivity index (χ2v) is 4.05. The molecular weight excluding hydrogens is 406 g/mol. The molecule has 0 saturated heterocycles. The van der Waals surface area contributed by atoms with Crippen molar-refractivity contribution in [2.24, 2.45) is 0 Å². The molecule has 0 aliphatic carbocycles. The maximum absolute atomic E-state index is 10.6. The highest BCUT2D eigenvalue weighted by atomic mass is 127. The quantitative estimate of drug-likeness (QED) is 0.372. The van der Waals surface area contributed by atoms with Crippen LogP contribution in [0.2, 0.25) is 0 Å². The van der Waals surface area contributed by atoms with E-state index in [4.69, 9.17) is 4.74 Å². The van der Waals surface area contributed by atoms with E-state index in [9.17, 15) is 4.79 Å². The minimum atomic E-state index is -0.214. The van der Waals surface area contributed by atoms with Crippen LogP contribution in [0.4, 0.5) is 0 Å². The van der Waals surface area contributed by atoms with E-state index < -0.39 is 0 Å². The molecule has 2 rings (SSSR count). The van der Waals surface area contributed by atoms with Gasteiger partial charge in [-0.1, -0.05) is 12.0 Å². The summed E-state index contributed by atoms with van der Waals surface area (Å²) < 4.78 is 8.41. The third kappa shape index (κ3) is 2.60. The van der Waals surface area contributed by atoms with Crippen molar-refractivity contribution in [1.82, 2.24) is 0 Å². The van der Waals surface area contributed by atoms with Crippen LogP contribution in [-0.2, 0) is 0 Å². The highest BCUT2D eigenvalue weighted by Crippen LogP contribution is 2.33. The van der Waals surface area contributed by atoms with Gasteiger partial charge in [-0.15, -0.1) is 0 Å². The summed E-state index contributed by atoms with van der Waals surface area (Å²) in [5.41, 5.74) is 0.701. The minimum absolute atomic E-state index is 0.214. The second-order valence-electron chi connectivity index (χ2n) is 2.35. The standard InChI is InChI=1S/C7H3IO2.C3H3I/c8-5-3-1-2-4-6(5)10-7(4)9;1-2-3-4/h1-3H;1H3. The van der Waals surface area contributed by atoms with E-state index in [1.807, 2.05) is 41.6 Å². The van der Waals surface area contributed by atoms with Crippen LogP contribution in [0.25, 0.3) is 0 Å². The molecule has 1 aliphatic heterocycles. The number of fused-ring (bicyclic) bond motifs is 1. The molecule has 0 atom stereocenters. The molecule has 0 aromatic heterocycles. The summed E-state index contributed by atoms with van der Waals surface area (Å²) in [5, 5.41) is 0. The Morgan fingerprint density at radius 2 is 2.07 bits per heavy atom. The number of esters is 1. The highest BCUT2D eigenvalue weighted by Gasteiger charge is 2.27. The van der Waals surface area contributed by atoms with E-state index in [0.29, 0.717) is 5.56 Å². The van der Waals surface area contributed by atoms with Crippen LogP contribution in [-0.4, -0.2) is 5.97 Å². The summed E-state index contributed by atoms with van der Waals surface area (Å²) in [4.78, 5) is 10.6. The lowest BCUT2D eigenvalue weighted by Crippen LogP contribution is -2.21. The normalized spacial score (nSPS) is 10.6. The van der Waals surface area contributed by atoms with Crippen LogP contribution in [0.15, 0.2) is 18.2 Å². The molecule has 1 aromatic rings. The predicted molar refractivity (Wildman–Crippen MR) is 71.6 cm³/mol. The van der Waals surface area contributed by atoms with Gasteiger partial charge in [-0.3, -0.25) is 0 Å². The molecule has 1 heterocycles. The van der Waals surface area contributed by atoms with Crippen LogP contribution < -0.4 is 4.74 Å². The lowest BCUT2D eigenvalue weighted by atomic mass is 10.1. The van der Waals surface area contributed by atoms with Crippen LogP contribution in [0.3, 0.4) is 0 Å². The summed E-state index contributed by atoms with van der Waals surface area (Å²) in [6.07, 6.45) is 0. The fourth-order valence-electron chi connectivity index (χ4n) is 0.875. The zero-order valence-corrected chi connectivity index (χ0v) is 11.6. The van der Waals surface area contributed by atoms with Gasteiger partial charge in [0.05, 0.1) is 3.57 Å². The number of carbonyl (C=O) groups is 1. The lowest BCUT2D eigenvalue weighted by molar-refractivity contribution is 0.0656. The molecule has 1 aromatic carbocycles. The third-order valence-corrected chi connectivity index (χ3v) is 2.86. The molecule has 0 radical (unpaired) electrons. The fourth-order valence-corrected chi connectivity index (χ4v) is 1.48. The van der Waals surface area contributed by atoms with E-state index in [0.717, 1.165) is 9.32 Å². The average molecular weight is 412 g/mol. The van der Waals surface area contributed by atoms with Crippen LogP contribution >= 0.6 is 45.2 Å². The van der Waals surface area contributed by atoms with E-state index in [2.05, 4.69) is 32.4 Å². The SMILES string of the molecule is CC#CI.O=C1Oc2c(I)cccc21. The van der Waals surface area contributed by atoms with Gasteiger partial charge in [-0.2, -0.15) is 0 Å². The second kappa shape index (κ2) is 5.56. The predicted octanol–water partition coefficient (Wildman–Crippen LogP) is 3.23. The number of para-hydroxylation sites is 1. The molecule has 0 saturated carbocycles. The fraction of sp³-hybridized carbons (Fsp3) is 0.100. The summed E-state index contributed by atoms with van der Waals surface area (Å²) >= 11 is 4.12. The molecule has 72 valence electrons. The van der Waals surface area contributed by atoms with Crippen molar-refractivity contribution in [3.63, 3.8) is 0 Å². The van der Waals surface area contributed by atoms with Gasteiger partial charge >= 0.3 is 5.97 Å². The number of ether oxygens (including phenoxy) is 1. The van der Waals surface area contributed by atoms with E-state index in [1.54, 1.807) is 6.07 Å². The Bertz CT molecular complexity index is 410. The molecule has 0 unspecified atom stereocenters. The number of carbonyl (C=O) groups excluding carboxylic acids is 1. The van der Waals surface area contributed by atoms with Crippen molar-refractivity contribution in [1.29, 1.82) is 0 Å². The Labute approximate surface area is 110 Å². The number of hydrogen-bond acceptors (Lipinski definition) is 2. The number of hydrogen-bond donors (Lipinski definition) is 0. The van der Waals surface area contributed by atoms with Crippen molar-refractivity contribution in [3.8, 4) is 15.6 Å². The summed E-state index contributed by atoms with van der Waals surface area (Å²) in [6, 6.07) is 5.52. The van der Waals surface area contributed by atoms with Crippen LogP contribution in [0.1, 0.15) is 17.3 Å². The Hall–Kier alpha value is -0.290. The van der Waals surface area contributed by atoms with Crippen molar-refractivity contribution in [2.75, 3.05) is 0 Å². The summed E-state index contributed by atoms with van der Waals surface area (Å²) in [6.45, 7) is 1.81. The first kappa shape index (κ1) is 11.8. The van der Waals surface area contributed by atoms with Crippen LogP contribution in [0.5, 0.6) is 5.75 Å². The van der Waals surface area contributed by atoms with Crippen molar-refractivity contribution < 1.29 is 9.53 Å². The molecule has 4 heteroatoms. The van der Waals surface area contributed by atoms with Gasteiger partial charge in [0, 0.05) is 22.6 Å². The molecule has 1 aliphatic rings. The van der Waals surface area contributed by atoms with Crippen molar-refractivity contribution >= 4 is 51.2 Å². The van der Waals surface area contributed by atoms with Gasteiger partial charge in [0.2, 0.25) is 0 Å². The van der Waals surface area contributed by atoms with Gasteiger partial charge < -0.3 is 4.74 Å². The zero-order valence-electron chi connectivity index (χ0n) is 7.30. The first-order chi connectivity index (χ1) is 6.70. The van der Waals surface area contributed by atoms with Gasteiger partial charge in [-0.05, 0) is 45.6 Å². The van der Waals surface area contributed by atoms with E-state index in [1.165, 1.54) is 0 Å². The molecule has 0 spiro atoms. The number of benzene rings is 1. The Balaban J connectivity index is 0.000000213. The molecular formula is C10H6I2O2. The molecule has 0 amide bonds. The lowest BCUT2D eigenvalue weighted by Gasteiger charge is -2.17. The molecule has 0 N–H and O–H groups in total. The summed E-state index contributed by atoms with van der Waals surface area (Å²) in [5.74, 6) is 3.18. The van der Waals surface area contributed by atoms with Crippen molar-refractivity contribution in [3.05, 3.63) is 27.3 Å². The monoisotopic (exact) mass is 412 g/mol. The average Bonchev–Trinajstić information content (AvgIpc) is 2.20. The van der Waals surface area contributed by atoms with Gasteiger partial charge in [-0.25, -0.2) is 4.79 Å².